The number of halogens is 1. The van der Waals surface area contributed by atoms with E-state index in [1.807, 2.05) is 6.92 Å². The Labute approximate surface area is 235 Å². The molecule has 202 valence electrons. The molecule has 5 rings (SSSR count). The van der Waals surface area contributed by atoms with Gasteiger partial charge in [-0.25, -0.2) is 9.78 Å². The number of nitrogens with zero attached hydrogens (tertiary/aromatic N) is 2. The molecule has 1 amide bonds. The summed E-state index contributed by atoms with van der Waals surface area (Å²) >= 11 is 4.18. The predicted molar refractivity (Wildman–Crippen MR) is 146 cm³/mol. The molecule has 10 nitrogen and oxygen atoms in total. The van der Waals surface area contributed by atoms with Crippen LogP contribution in [0.3, 0.4) is 0 Å². The average molecular weight is 615 g/mol. The number of hydrogen-bond acceptors (Lipinski definition) is 10. The number of carbonyl (C=O) groups excluding carboxylic acids is 3. The normalized spacial score (nSPS) is 19.7. The lowest BCUT2D eigenvalue weighted by atomic mass is 9.94. The van der Waals surface area contributed by atoms with Crippen LogP contribution in [0.5, 0.6) is 17.2 Å². The molecule has 2 N–H and O–H groups in total. The quantitative estimate of drug-likeness (QED) is 0.182. The summed E-state index contributed by atoms with van der Waals surface area (Å²) in [5, 5.41) is 22.0. The van der Waals surface area contributed by atoms with Crippen LogP contribution in [-0.4, -0.2) is 53.2 Å². The van der Waals surface area contributed by atoms with Gasteiger partial charge in [0, 0.05) is 12.0 Å². The van der Waals surface area contributed by atoms with Gasteiger partial charge in [-0.05, 0) is 71.2 Å². The second kappa shape index (κ2) is 10.0. The Morgan fingerprint density at radius 1 is 1.23 bits per heavy atom. The van der Waals surface area contributed by atoms with Crippen LogP contribution in [0, 0.1) is 6.92 Å². The third kappa shape index (κ3) is 4.43. The number of carbonyl (C=O) groups is 3. The number of phenols is 1. The Kier molecular flexibility index (Phi) is 6.85. The smallest absolute Gasteiger partial charge is 0.350 e. The number of esters is 1. The van der Waals surface area contributed by atoms with Gasteiger partial charge in [0.25, 0.3) is 5.78 Å². The van der Waals surface area contributed by atoms with E-state index in [0.29, 0.717) is 29.0 Å². The summed E-state index contributed by atoms with van der Waals surface area (Å²) in [4.78, 5) is 45.0. The molecule has 39 heavy (non-hydrogen) atoms. The third-order valence-electron chi connectivity index (χ3n) is 6.56. The van der Waals surface area contributed by atoms with Crippen LogP contribution in [0.1, 0.15) is 45.0 Å². The number of thiazole rings is 1. The van der Waals surface area contributed by atoms with Gasteiger partial charge in [-0.1, -0.05) is 11.3 Å². The number of rotatable bonds is 5. The second-order valence-electron chi connectivity index (χ2n) is 9.08. The zero-order valence-electron chi connectivity index (χ0n) is 21.3. The highest BCUT2D eigenvalue weighted by Gasteiger charge is 2.49. The maximum absolute atomic E-state index is 13.5. The average Bonchev–Trinajstić information content (AvgIpc) is 3.56. The number of fused-ring (bicyclic) bond motifs is 1. The first-order valence-electron chi connectivity index (χ1n) is 11.8. The molecule has 12 heteroatoms. The largest absolute Gasteiger partial charge is 0.507 e. The van der Waals surface area contributed by atoms with Crippen molar-refractivity contribution in [2.75, 3.05) is 19.1 Å². The molecule has 1 aromatic heterocycles. The fourth-order valence-electron chi connectivity index (χ4n) is 4.74. The fourth-order valence-corrected chi connectivity index (χ4v) is 6.22. The number of phenolic OH excluding ortho intramolecular Hbond substituents is 1. The lowest BCUT2D eigenvalue weighted by Crippen LogP contribution is -2.29. The van der Waals surface area contributed by atoms with Gasteiger partial charge in [0.1, 0.15) is 22.5 Å². The molecule has 0 saturated carbocycles. The van der Waals surface area contributed by atoms with Gasteiger partial charge in [0.2, 0.25) is 0 Å². The van der Waals surface area contributed by atoms with Crippen LogP contribution in [0.15, 0.2) is 40.4 Å². The minimum absolute atomic E-state index is 0.0260. The number of benzene rings is 2. The van der Waals surface area contributed by atoms with Crippen LogP contribution in [0.25, 0.3) is 5.76 Å². The molecule has 2 atom stereocenters. The third-order valence-corrected chi connectivity index (χ3v) is 8.30. The summed E-state index contributed by atoms with van der Waals surface area (Å²) in [6.45, 7) is 3.52. The number of Topliss-reactive ketones (excluding diaryl/α,β-unsaturated/α-hetero) is 1. The minimum atomic E-state index is -1.16. The van der Waals surface area contributed by atoms with Gasteiger partial charge in [0.05, 0.1) is 36.0 Å². The van der Waals surface area contributed by atoms with Crippen LogP contribution in [0.4, 0.5) is 5.13 Å². The van der Waals surface area contributed by atoms with E-state index in [4.69, 9.17) is 14.2 Å². The van der Waals surface area contributed by atoms with Crippen LogP contribution in [0.2, 0.25) is 0 Å². The standard InChI is InChI=1S/C27H23BrN2O8S/c1-11-7-14-8-13(5-6-17(14)38-11)21(31)19-20(15-9-16(28)22(32)18(10-15)36-3)30(25(34)23(19)33)27-29-12(2)24(39-27)26(35)37-4/h5-6,8-11,20,31-32H,7H2,1-4H3/b21-19+/t11-,20-/m1/s1. The van der Waals surface area contributed by atoms with E-state index >= 15 is 0 Å². The molecule has 0 bridgehead atoms. The second-order valence-corrected chi connectivity index (χ2v) is 10.9. The molecule has 3 heterocycles. The summed E-state index contributed by atoms with van der Waals surface area (Å²) in [7, 11) is 2.60. The lowest BCUT2D eigenvalue weighted by molar-refractivity contribution is -0.132. The molecule has 0 radical (unpaired) electrons. The molecule has 0 unspecified atom stereocenters. The van der Waals surface area contributed by atoms with Crippen LogP contribution < -0.4 is 14.4 Å². The summed E-state index contributed by atoms with van der Waals surface area (Å²) in [6.07, 6.45) is 0.604. The van der Waals surface area contributed by atoms with Crippen molar-refractivity contribution in [3.05, 3.63) is 67.6 Å². The first kappa shape index (κ1) is 26.7. The maximum atomic E-state index is 13.5. The number of aliphatic hydroxyl groups is 1. The molecule has 2 aliphatic rings. The predicted octanol–water partition coefficient (Wildman–Crippen LogP) is 4.66. The number of anilines is 1. The number of aryl methyl sites for hydroxylation is 1. The number of aromatic nitrogens is 1. The molecule has 3 aromatic rings. The Balaban J connectivity index is 1.73. The highest BCUT2D eigenvalue weighted by molar-refractivity contribution is 9.10. The number of aliphatic hydroxyl groups excluding tert-OH is 1. The summed E-state index contributed by atoms with van der Waals surface area (Å²) in [6, 6.07) is 6.90. The molecular weight excluding hydrogens is 592 g/mol. The minimum Gasteiger partial charge on any atom is -0.507 e. The number of amides is 1. The Bertz CT molecular complexity index is 1580. The summed E-state index contributed by atoms with van der Waals surface area (Å²) < 4.78 is 16.1. The van der Waals surface area contributed by atoms with Crippen molar-refractivity contribution in [2.24, 2.45) is 0 Å². The van der Waals surface area contributed by atoms with Gasteiger partial charge in [-0.3, -0.25) is 14.5 Å². The number of hydrogen-bond donors (Lipinski definition) is 2. The van der Waals surface area contributed by atoms with Gasteiger partial charge in [-0.2, -0.15) is 0 Å². The van der Waals surface area contributed by atoms with Crippen molar-refractivity contribution < 1.29 is 38.8 Å². The van der Waals surface area contributed by atoms with Crippen LogP contribution >= 0.6 is 27.3 Å². The Hall–Kier alpha value is -3.90. The number of ketones is 1. The van der Waals surface area contributed by atoms with Gasteiger partial charge in [-0.15, -0.1) is 0 Å². The van der Waals surface area contributed by atoms with E-state index in [1.54, 1.807) is 25.1 Å². The van der Waals surface area contributed by atoms with Crippen molar-refractivity contribution in [2.45, 2.75) is 32.4 Å². The van der Waals surface area contributed by atoms with Crippen LogP contribution in [-0.2, 0) is 20.7 Å². The number of ether oxygens (including phenoxy) is 3. The summed E-state index contributed by atoms with van der Waals surface area (Å²) in [5.74, 6) is -2.29. The highest BCUT2D eigenvalue weighted by atomic mass is 79.9. The molecule has 2 aliphatic heterocycles. The zero-order valence-corrected chi connectivity index (χ0v) is 23.7. The van der Waals surface area contributed by atoms with E-state index in [1.165, 1.54) is 26.4 Å². The molecule has 1 saturated heterocycles. The van der Waals surface area contributed by atoms with Crippen molar-refractivity contribution in [1.82, 2.24) is 4.98 Å². The van der Waals surface area contributed by atoms with Crippen molar-refractivity contribution in [3.8, 4) is 17.2 Å². The Morgan fingerprint density at radius 3 is 2.67 bits per heavy atom. The maximum Gasteiger partial charge on any atom is 0.350 e. The van der Waals surface area contributed by atoms with Crippen molar-refractivity contribution >= 4 is 55.8 Å². The molecule has 2 aromatic carbocycles. The van der Waals surface area contributed by atoms with Crippen molar-refractivity contribution in [3.63, 3.8) is 0 Å². The first-order chi connectivity index (χ1) is 18.5. The van der Waals surface area contributed by atoms with Gasteiger partial charge in [0.15, 0.2) is 16.6 Å². The lowest BCUT2D eigenvalue weighted by Gasteiger charge is -2.24. The summed E-state index contributed by atoms with van der Waals surface area (Å²) in [5.41, 5.74) is 1.69. The molecule has 1 fully saturated rings. The molecular formula is C27H23BrN2O8S. The van der Waals surface area contributed by atoms with E-state index in [-0.39, 0.29) is 43.4 Å². The van der Waals surface area contributed by atoms with E-state index in [0.717, 1.165) is 21.8 Å². The first-order valence-corrected chi connectivity index (χ1v) is 13.4. The van der Waals surface area contributed by atoms with E-state index < -0.39 is 23.7 Å². The Morgan fingerprint density at radius 2 is 1.97 bits per heavy atom. The SMILES string of the molecule is COC(=O)c1sc(N2C(=O)C(=O)/C(=C(/O)c3ccc4c(c3)C[C@@H](C)O4)[C@H]2c2cc(Br)c(O)c(OC)c2)nc1C. The molecule has 0 spiro atoms. The topological polar surface area (TPSA) is 135 Å². The fraction of sp³-hybridized carbons (Fsp3) is 0.259. The van der Waals surface area contributed by atoms with Gasteiger partial charge >= 0.3 is 11.9 Å². The number of aromatic hydroxyl groups is 1. The monoisotopic (exact) mass is 614 g/mol. The van der Waals surface area contributed by atoms with Crippen molar-refractivity contribution in [1.29, 1.82) is 0 Å². The number of methoxy groups -OCH3 is 2. The highest BCUT2D eigenvalue weighted by Crippen LogP contribution is 2.47. The van der Waals surface area contributed by atoms with E-state index in [2.05, 4.69) is 20.9 Å². The molecule has 0 aliphatic carbocycles. The van der Waals surface area contributed by atoms with Gasteiger partial charge < -0.3 is 24.4 Å². The zero-order chi connectivity index (χ0) is 28.2. The van der Waals surface area contributed by atoms with E-state index in [9.17, 15) is 24.6 Å².